The van der Waals surface area contributed by atoms with Crippen LogP contribution in [-0.4, -0.2) is 19.3 Å². The van der Waals surface area contributed by atoms with Crippen molar-refractivity contribution in [2.75, 3.05) is 6.61 Å². The molecule has 0 aliphatic heterocycles. The Morgan fingerprint density at radius 3 is 2.79 bits per heavy atom. The predicted molar refractivity (Wildman–Crippen MR) is 51.0 cm³/mol. The molecule has 0 atom stereocenters. The van der Waals surface area contributed by atoms with Crippen molar-refractivity contribution in [2.45, 2.75) is 6.43 Å². The highest BCUT2D eigenvalue weighted by molar-refractivity contribution is 9.10. The van der Waals surface area contributed by atoms with Crippen LogP contribution >= 0.6 is 15.9 Å². The van der Waals surface area contributed by atoms with Crippen molar-refractivity contribution in [3.05, 3.63) is 28.2 Å². The summed E-state index contributed by atoms with van der Waals surface area (Å²) in [4.78, 5) is 10.5. The van der Waals surface area contributed by atoms with Gasteiger partial charge in [0.1, 0.15) is 12.4 Å². The van der Waals surface area contributed by atoms with Crippen molar-refractivity contribution >= 4 is 22.2 Å². The molecule has 0 amide bonds. The molecule has 1 aromatic carbocycles. The van der Waals surface area contributed by atoms with Gasteiger partial charge in [0.05, 0.1) is 4.47 Å². The Balaban J connectivity index is 2.81. The second-order valence-electron chi connectivity index (χ2n) is 2.48. The quantitative estimate of drug-likeness (QED) is 0.782. The van der Waals surface area contributed by atoms with Crippen molar-refractivity contribution < 1.29 is 18.3 Å². The van der Waals surface area contributed by atoms with E-state index in [9.17, 15) is 13.6 Å². The molecule has 2 nitrogen and oxygen atoms in total. The lowest BCUT2D eigenvalue weighted by atomic mass is 10.2. The van der Waals surface area contributed by atoms with E-state index in [4.69, 9.17) is 4.74 Å². The molecule has 0 heterocycles. The van der Waals surface area contributed by atoms with Gasteiger partial charge in [-0.25, -0.2) is 8.78 Å². The molecule has 0 spiro atoms. The van der Waals surface area contributed by atoms with E-state index in [1.807, 2.05) is 0 Å². The molecule has 5 heteroatoms. The highest BCUT2D eigenvalue weighted by Gasteiger charge is 2.08. The first-order chi connectivity index (χ1) is 6.65. The number of carbonyl (C=O) groups excluding carboxylic acids is 1. The standard InChI is InChI=1S/C9H7BrF2O2/c10-9-6(4-13)2-1-3-7(9)14-5-8(11)12/h1-4,8H,5H2. The minimum atomic E-state index is -2.53. The molecular weight excluding hydrogens is 258 g/mol. The van der Waals surface area contributed by atoms with Crippen LogP contribution in [-0.2, 0) is 0 Å². The van der Waals surface area contributed by atoms with Crippen LogP contribution in [0.1, 0.15) is 10.4 Å². The molecular formula is C9H7BrF2O2. The van der Waals surface area contributed by atoms with E-state index in [1.165, 1.54) is 6.07 Å². The number of alkyl halides is 2. The Morgan fingerprint density at radius 1 is 1.50 bits per heavy atom. The Morgan fingerprint density at radius 2 is 2.21 bits per heavy atom. The largest absolute Gasteiger partial charge is 0.486 e. The van der Waals surface area contributed by atoms with Crippen LogP contribution in [0.4, 0.5) is 8.78 Å². The molecule has 0 fully saturated rings. The third kappa shape index (κ3) is 2.77. The summed E-state index contributed by atoms with van der Waals surface area (Å²) in [6.45, 7) is -0.680. The van der Waals surface area contributed by atoms with Crippen LogP contribution in [0.2, 0.25) is 0 Å². The summed E-state index contributed by atoms with van der Waals surface area (Å²) < 4.78 is 28.8. The second-order valence-corrected chi connectivity index (χ2v) is 3.27. The van der Waals surface area contributed by atoms with Gasteiger partial charge in [0.2, 0.25) is 0 Å². The molecule has 76 valence electrons. The van der Waals surface area contributed by atoms with Crippen LogP contribution < -0.4 is 4.74 Å². The summed E-state index contributed by atoms with van der Waals surface area (Å²) >= 11 is 3.09. The van der Waals surface area contributed by atoms with Gasteiger partial charge in [0.15, 0.2) is 6.29 Å². The van der Waals surface area contributed by atoms with E-state index in [0.29, 0.717) is 16.3 Å². The number of hydrogen-bond donors (Lipinski definition) is 0. The lowest BCUT2D eigenvalue weighted by molar-refractivity contribution is 0.0815. The van der Waals surface area contributed by atoms with Gasteiger partial charge in [-0.3, -0.25) is 4.79 Å². The fourth-order valence-corrected chi connectivity index (χ4v) is 1.36. The van der Waals surface area contributed by atoms with Gasteiger partial charge >= 0.3 is 0 Å². The average molecular weight is 265 g/mol. The maximum atomic E-state index is 11.8. The maximum absolute atomic E-state index is 11.8. The number of aldehydes is 1. The Bertz CT molecular complexity index is 329. The normalized spacial score (nSPS) is 10.3. The average Bonchev–Trinajstić information content (AvgIpc) is 2.16. The molecule has 0 N–H and O–H groups in total. The first-order valence-electron chi connectivity index (χ1n) is 3.79. The van der Waals surface area contributed by atoms with Gasteiger partial charge in [-0.15, -0.1) is 0 Å². The molecule has 14 heavy (non-hydrogen) atoms. The van der Waals surface area contributed by atoms with Crippen LogP contribution in [0.15, 0.2) is 22.7 Å². The van der Waals surface area contributed by atoms with E-state index < -0.39 is 13.0 Å². The third-order valence-electron chi connectivity index (χ3n) is 1.48. The van der Waals surface area contributed by atoms with E-state index >= 15 is 0 Å². The predicted octanol–water partition coefficient (Wildman–Crippen LogP) is 2.91. The van der Waals surface area contributed by atoms with Gasteiger partial charge < -0.3 is 4.74 Å². The molecule has 1 aromatic rings. The molecule has 0 aliphatic rings. The lowest BCUT2D eigenvalue weighted by Gasteiger charge is -2.08. The minimum Gasteiger partial charge on any atom is -0.486 e. The zero-order valence-corrected chi connectivity index (χ0v) is 8.63. The van der Waals surface area contributed by atoms with Gasteiger partial charge in [0.25, 0.3) is 6.43 Å². The zero-order valence-electron chi connectivity index (χ0n) is 7.04. The van der Waals surface area contributed by atoms with Crippen molar-refractivity contribution in [1.29, 1.82) is 0 Å². The molecule has 0 aliphatic carbocycles. The Labute approximate surface area is 88.0 Å². The van der Waals surface area contributed by atoms with Crippen LogP contribution in [0.3, 0.4) is 0 Å². The van der Waals surface area contributed by atoms with Gasteiger partial charge in [0, 0.05) is 5.56 Å². The van der Waals surface area contributed by atoms with E-state index in [1.54, 1.807) is 12.1 Å². The number of hydrogen-bond acceptors (Lipinski definition) is 2. The van der Waals surface area contributed by atoms with Crippen molar-refractivity contribution in [3.8, 4) is 5.75 Å². The smallest absolute Gasteiger partial charge is 0.272 e. The summed E-state index contributed by atoms with van der Waals surface area (Å²) in [5.74, 6) is 0.245. The number of halogens is 3. The highest BCUT2D eigenvalue weighted by atomic mass is 79.9. The Hall–Kier alpha value is -0.970. The zero-order chi connectivity index (χ0) is 10.6. The van der Waals surface area contributed by atoms with Gasteiger partial charge in [-0.05, 0) is 22.0 Å². The van der Waals surface area contributed by atoms with Crippen molar-refractivity contribution in [1.82, 2.24) is 0 Å². The van der Waals surface area contributed by atoms with E-state index in [2.05, 4.69) is 15.9 Å². The monoisotopic (exact) mass is 264 g/mol. The topological polar surface area (TPSA) is 26.3 Å². The van der Waals surface area contributed by atoms with Crippen LogP contribution in [0, 0.1) is 0 Å². The fraction of sp³-hybridized carbons (Fsp3) is 0.222. The molecule has 0 radical (unpaired) electrons. The number of ether oxygens (including phenoxy) is 1. The molecule has 0 saturated carbocycles. The van der Waals surface area contributed by atoms with Gasteiger partial charge in [-0.1, -0.05) is 12.1 Å². The molecule has 0 unspecified atom stereocenters. The first-order valence-corrected chi connectivity index (χ1v) is 4.59. The summed E-state index contributed by atoms with van der Waals surface area (Å²) in [6.07, 6.45) is -1.90. The summed E-state index contributed by atoms with van der Waals surface area (Å²) in [7, 11) is 0. The SMILES string of the molecule is O=Cc1cccc(OCC(F)F)c1Br. The highest BCUT2D eigenvalue weighted by Crippen LogP contribution is 2.27. The number of rotatable bonds is 4. The summed E-state index contributed by atoms with van der Waals surface area (Å²) in [5, 5.41) is 0. The Kier molecular flexibility index (Phi) is 4.00. The van der Waals surface area contributed by atoms with Crippen molar-refractivity contribution in [2.24, 2.45) is 0 Å². The summed E-state index contributed by atoms with van der Waals surface area (Å²) in [6, 6.07) is 4.64. The number of benzene rings is 1. The van der Waals surface area contributed by atoms with E-state index in [0.717, 1.165) is 0 Å². The van der Waals surface area contributed by atoms with Crippen molar-refractivity contribution in [3.63, 3.8) is 0 Å². The molecule has 0 saturated heterocycles. The maximum Gasteiger partial charge on any atom is 0.272 e. The van der Waals surface area contributed by atoms with Crippen LogP contribution in [0.25, 0.3) is 0 Å². The third-order valence-corrected chi connectivity index (χ3v) is 2.33. The number of carbonyl (C=O) groups is 1. The van der Waals surface area contributed by atoms with Crippen LogP contribution in [0.5, 0.6) is 5.75 Å². The molecule has 1 rings (SSSR count). The molecule has 0 aromatic heterocycles. The van der Waals surface area contributed by atoms with E-state index in [-0.39, 0.29) is 5.75 Å². The second kappa shape index (κ2) is 5.05. The minimum absolute atomic E-state index is 0.245. The van der Waals surface area contributed by atoms with Gasteiger partial charge in [-0.2, -0.15) is 0 Å². The fourth-order valence-electron chi connectivity index (χ4n) is 0.883. The lowest BCUT2D eigenvalue weighted by Crippen LogP contribution is -2.07. The molecule has 0 bridgehead atoms. The summed E-state index contributed by atoms with van der Waals surface area (Å²) in [5.41, 5.74) is 0.372. The first kappa shape index (κ1) is 11.1.